The van der Waals surface area contributed by atoms with Crippen LogP contribution in [0.15, 0.2) is 59.6 Å². The molecule has 117 heavy (non-hydrogen) atoms. The van der Waals surface area contributed by atoms with Gasteiger partial charge in [-0.05, 0) is 79.5 Å². The molecule has 0 radical (unpaired) electrons. The second-order valence-electron chi connectivity index (χ2n) is 31.0. The SMILES string of the molecule is CC[C@H](C)[C@@H]([C@@H](CC(=O)N1CCC[C@H]1[C@H](OC)[C@@H](C)C(=O)N[C@H](C)[C@@H](O)c1ccccc1)OC)N(C)C(=O)[C@@H](NC(=O)[C@H](C(C)C)N(C)C(=O)OCc1ccc(NC(=O)[C@H](CCCNC(N)=O)NC(=O)[C@@H](NC(=O)CNC(=O)CNC(=O)CNC(=O)C2O[C@@H](O[C@@H]3C(CO)O[C@@H]4OC(C)=NC4[C@H]3O)C(O)[C@@H](O)[C@@H]2O)C(C)C)cc1)C(C)C. The highest BCUT2D eigenvalue weighted by atomic mass is 16.7. The Kier molecular flexibility index (Phi) is 37.6. The molecule has 4 heterocycles. The molecule has 4 unspecified atom stereocenters. The molecular formula is C78H122N14O25. The zero-order chi connectivity index (χ0) is 87.0. The summed E-state index contributed by atoms with van der Waals surface area (Å²) in [4.78, 5) is 171. The number of nitrogens with one attached hydrogen (secondary N) is 9. The Labute approximate surface area is 681 Å². The fourth-order valence-electron chi connectivity index (χ4n) is 14.6. The van der Waals surface area contributed by atoms with E-state index in [4.69, 9.17) is 38.9 Å². The average molecular weight is 1660 g/mol. The molecule has 39 heteroatoms. The number of ether oxygens (including phenoxy) is 7. The maximum Gasteiger partial charge on any atom is 0.410 e. The summed E-state index contributed by atoms with van der Waals surface area (Å²) >= 11 is 0. The molecule has 4 aliphatic rings. The van der Waals surface area contributed by atoms with E-state index in [0.717, 1.165) is 4.90 Å². The Balaban J connectivity index is 0.983. The summed E-state index contributed by atoms with van der Waals surface area (Å²) in [5, 5.41) is 86.7. The summed E-state index contributed by atoms with van der Waals surface area (Å²) in [6.07, 6.45) is -16.8. The first-order valence-electron chi connectivity index (χ1n) is 39.5. The van der Waals surface area contributed by atoms with E-state index in [0.29, 0.717) is 36.9 Å². The number of amides is 13. The van der Waals surface area contributed by atoms with Gasteiger partial charge in [-0.25, -0.2) is 14.6 Å². The van der Waals surface area contributed by atoms with E-state index in [1.54, 1.807) is 104 Å². The number of urea groups is 1. The topological polar surface area (TPSA) is 547 Å². The number of carbonyl (C=O) groups is 12. The van der Waals surface area contributed by atoms with Crippen LogP contribution in [0.4, 0.5) is 15.3 Å². The van der Waals surface area contributed by atoms with Gasteiger partial charge >= 0.3 is 12.1 Å². The van der Waals surface area contributed by atoms with Crippen molar-refractivity contribution >= 4 is 82.8 Å². The van der Waals surface area contributed by atoms with Gasteiger partial charge < -0.3 is 127 Å². The molecule has 0 aliphatic carbocycles. The van der Waals surface area contributed by atoms with E-state index in [9.17, 15) is 88.2 Å². The minimum atomic E-state index is -2.06. The third kappa shape index (κ3) is 26.6. The first-order valence-corrected chi connectivity index (χ1v) is 39.5. The van der Waals surface area contributed by atoms with Gasteiger partial charge in [0.15, 0.2) is 18.3 Å². The smallest absolute Gasteiger partial charge is 0.410 e. The molecule has 4 aliphatic heterocycles. The molecule has 654 valence electrons. The monoisotopic (exact) mass is 1650 g/mol. The Bertz CT molecular complexity index is 3700. The predicted octanol–water partition coefficient (Wildman–Crippen LogP) is -1.97. The molecule has 17 N–H and O–H groups in total. The summed E-state index contributed by atoms with van der Waals surface area (Å²) in [5.74, 6) is -9.38. The van der Waals surface area contributed by atoms with Crippen LogP contribution in [-0.2, 0) is 87.7 Å². The van der Waals surface area contributed by atoms with Crippen LogP contribution in [0.5, 0.6) is 0 Å². The second-order valence-corrected chi connectivity index (χ2v) is 31.0. The lowest BCUT2D eigenvalue weighted by Crippen LogP contribution is -2.65. The standard InChI is InChI=1S/C78H122N14O25/c1-16-41(8)60(50(111-14)32-55(97)92-31-21-25-49(92)66(112-15)42(9)69(103)84-43(10)61(98)46-22-18-17-19-23-46)90(12)74(108)57(39(4)5)89-72(106)59(40(6)7)91(13)78(110)113-37-45-26-28-47(29-27-45)86-70(104)48(24-20-30-80-77(79)109)87-71(105)56(38(2)3)88-54(96)35-82-52(94)33-81-53(95)34-83-73(107)68-64(101)63(100)65(102)76(117-68)116-67-51(36-93)115-75-58(62(67)99)85-44(11)114-75/h17-19,22-23,26-29,38-43,48-51,56-68,75-76,93,98-102H,16,20-21,24-25,30-37H2,1-15H3,(H,81,95)(H,82,94)(H,83,107)(H,84,103)(H,86,104)(H,87,105)(H,88,96)(H,89,106)(H3,79,80,109)/t41-,42+,43+,48-,49-,50+,51?,56-,57-,58?,59-,60-,61+,62+,63-,64-,65?,66+,67+,68?,75-,76+/m0/s1. The van der Waals surface area contributed by atoms with Crippen LogP contribution in [0, 0.1) is 29.6 Å². The first-order chi connectivity index (χ1) is 55.3. The van der Waals surface area contributed by atoms with Crippen LogP contribution in [0.25, 0.3) is 0 Å². The third-order valence-corrected chi connectivity index (χ3v) is 21.4. The molecule has 0 bridgehead atoms. The van der Waals surface area contributed by atoms with Crippen LogP contribution in [0.1, 0.15) is 132 Å². The zero-order valence-electron chi connectivity index (χ0n) is 69.1. The van der Waals surface area contributed by atoms with Crippen molar-refractivity contribution in [2.75, 3.05) is 73.0 Å². The Hall–Kier alpha value is -9.29. The molecule has 0 spiro atoms. The van der Waals surface area contributed by atoms with Crippen molar-refractivity contribution in [2.24, 2.45) is 40.3 Å². The normalized spacial score (nSPS) is 23.8. The van der Waals surface area contributed by atoms with Crippen molar-refractivity contribution in [3.63, 3.8) is 0 Å². The van der Waals surface area contributed by atoms with E-state index in [1.807, 2.05) is 19.9 Å². The Morgan fingerprint density at radius 2 is 1.32 bits per heavy atom. The molecular weight excluding hydrogens is 1530 g/mol. The van der Waals surface area contributed by atoms with E-state index in [-0.39, 0.29) is 61.7 Å². The van der Waals surface area contributed by atoms with Gasteiger partial charge in [-0.3, -0.25) is 52.8 Å². The summed E-state index contributed by atoms with van der Waals surface area (Å²) in [6, 6.07) is 6.72. The van der Waals surface area contributed by atoms with Gasteiger partial charge in [0, 0.05) is 54.0 Å². The van der Waals surface area contributed by atoms with Gasteiger partial charge in [-0.1, -0.05) is 111 Å². The molecule has 13 amide bonds. The van der Waals surface area contributed by atoms with Gasteiger partial charge in [0.1, 0.15) is 73.4 Å². The number of benzene rings is 2. The van der Waals surface area contributed by atoms with Gasteiger partial charge in [0.2, 0.25) is 59.5 Å². The van der Waals surface area contributed by atoms with Gasteiger partial charge in [-0.2, -0.15) is 0 Å². The summed E-state index contributed by atoms with van der Waals surface area (Å²) in [6.45, 7) is 16.3. The highest BCUT2D eigenvalue weighted by Gasteiger charge is 2.54. The number of carbonyl (C=O) groups excluding carboxylic acids is 12. The fourth-order valence-corrected chi connectivity index (χ4v) is 14.6. The largest absolute Gasteiger partial charge is 0.450 e. The quantitative estimate of drug-likeness (QED) is 0.0321. The number of rotatable bonds is 42. The van der Waals surface area contributed by atoms with Crippen molar-refractivity contribution in [1.82, 2.24) is 57.2 Å². The zero-order valence-corrected chi connectivity index (χ0v) is 69.1. The highest BCUT2D eigenvalue weighted by molar-refractivity contribution is 5.99. The molecule has 39 nitrogen and oxygen atoms in total. The van der Waals surface area contributed by atoms with Gasteiger partial charge in [-0.15, -0.1) is 0 Å². The van der Waals surface area contributed by atoms with Crippen molar-refractivity contribution in [3.8, 4) is 0 Å². The molecule has 22 atom stereocenters. The average Bonchev–Trinajstić information content (AvgIpc) is 1.72. The number of aliphatic hydroxyl groups excluding tert-OH is 6. The number of anilines is 1. The summed E-state index contributed by atoms with van der Waals surface area (Å²) in [5.41, 5.74) is 6.61. The van der Waals surface area contributed by atoms with Crippen LogP contribution in [-0.4, -0.2) is 306 Å². The number of fused-ring (bicyclic) bond motifs is 1. The number of hydrogen-bond acceptors (Lipinski definition) is 26. The number of aliphatic hydroxyl groups is 6. The van der Waals surface area contributed by atoms with E-state index in [1.165, 1.54) is 45.2 Å². The van der Waals surface area contributed by atoms with Crippen molar-refractivity contribution < 1.29 is 121 Å². The highest BCUT2D eigenvalue weighted by Crippen LogP contribution is 2.35. The van der Waals surface area contributed by atoms with E-state index in [2.05, 4.69) is 52.8 Å². The minimum absolute atomic E-state index is 0.0173. The van der Waals surface area contributed by atoms with Crippen molar-refractivity contribution in [1.29, 1.82) is 0 Å². The van der Waals surface area contributed by atoms with Crippen molar-refractivity contribution in [3.05, 3.63) is 65.7 Å². The first kappa shape index (κ1) is 96.5. The third-order valence-electron chi connectivity index (χ3n) is 21.4. The summed E-state index contributed by atoms with van der Waals surface area (Å²) < 4.78 is 40.0. The van der Waals surface area contributed by atoms with E-state index >= 15 is 0 Å². The maximum atomic E-state index is 14.9. The van der Waals surface area contributed by atoms with Crippen molar-refractivity contribution in [2.45, 2.75) is 243 Å². The number of hydrogen-bond donors (Lipinski definition) is 16. The lowest BCUT2D eigenvalue weighted by molar-refractivity contribution is -0.334. The molecule has 2 aromatic rings. The van der Waals surface area contributed by atoms with Crippen LogP contribution in [0.2, 0.25) is 0 Å². The summed E-state index contributed by atoms with van der Waals surface area (Å²) in [7, 11) is 5.98. The molecule has 0 saturated carbocycles. The molecule has 2 aromatic carbocycles. The number of aliphatic imine (C=N–C) groups is 1. The molecule has 0 aromatic heterocycles. The molecule has 3 fully saturated rings. The number of likely N-dealkylation sites (N-methyl/N-ethyl adjacent to an activating group) is 2. The fraction of sp³-hybridized carbons (Fsp3) is 0.679. The van der Waals surface area contributed by atoms with Crippen LogP contribution in [0.3, 0.4) is 0 Å². The number of nitrogens with two attached hydrogens (primary N) is 1. The number of nitrogens with zero attached hydrogens (tertiary/aromatic N) is 4. The predicted molar refractivity (Wildman–Crippen MR) is 419 cm³/mol. The minimum Gasteiger partial charge on any atom is -0.450 e. The maximum absolute atomic E-state index is 14.9. The van der Waals surface area contributed by atoms with Crippen LogP contribution < -0.4 is 53.6 Å². The second kappa shape index (κ2) is 45.6. The van der Waals surface area contributed by atoms with Crippen LogP contribution >= 0.6 is 0 Å². The Morgan fingerprint density at radius 3 is 1.91 bits per heavy atom. The lowest BCUT2D eigenvalue weighted by Gasteiger charge is -2.44. The number of methoxy groups -OCH3 is 2. The molecule has 6 rings (SSSR count). The Morgan fingerprint density at radius 1 is 0.692 bits per heavy atom. The lowest BCUT2D eigenvalue weighted by atomic mass is 9.89. The molecule has 3 saturated heterocycles. The van der Waals surface area contributed by atoms with Gasteiger partial charge in [0.05, 0.1) is 75.0 Å². The van der Waals surface area contributed by atoms with Gasteiger partial charge in [0.25, 0.3) is 5.91 Å². The van der Waals surface area contributed by atoms with E-state index < -0.39 is 231 Å². The number of primary amides is 1. The number of likely N-dealkylation sites (tertiary alicyclic amines) is 1.